The first kappa shape index (κ1) is 12.8. The maximum atomic E-state index is 11.8. The van der Waals surface area contributed by atoms with Crippen molar-refractivity contribution in [2.24, 2.45) is 0 Å². The molecule has 6 heteroatoms. The molecule has 0 radical (unpaired) electrons. The van der Waals surface area contributed by atoms with E-state index in [9.17, 15) is 18.0 Å². The van der Waals surface area contributed by atoms with Crippen molar-refractivity contribution < 1.29 is 18.0 Å². The monoisotopic (exact) mass is 251 g/mol. The van der Waals surface area contributed by atoms with Gasteiger partial charge in [0.15, 0.2) is 0 Å². The lowest BCUT2D eigenvalue weighted by Gasteiger charge is -2.08. The second kappa shape index (κ2) is 5.21. The first-order chi connectivity index (χ1) is 7.37. The fourth-order valence-electron chi connectivity index (χ4n) is 1.05. The minimum absolute atomic E-state index is 0.0900. The van der Waals surface area contributed by atoms with E-state index in [0.29, 0.717) is 10.6 Å². The maximum Gasteiger partial charge on any atom is 0.405 e. The molecule has 0 aliphatic carbocycles. The Kier molecular flexibility index (Phi) is 4.18. The summed E-state index contributed by atoms with van der Waals surface area (Å²) in [7, 11) is 0. The van der Waals surface area contributed by atoms with Crippen molar-refractivity contribution >= 4 is 17.5 Å². The molecule has 1 amide bonds. The summed E-state index contributed by atoms with van der Waals surface area (Å²) in [5.74, 6) is -0.667. The van der Waals surface area contributed by atoms with Crippen LogP contribution in [0.25, 0.3) is 0 Å². The maximum absolute atomic E-state index is 11.8. The summed E-state index contributed by atoms with van der Waals surface area (Å²) in [6.07, 6.45) is -4.47. The smallest absolute Gasteiger partial charge is 0.347 e. The number of benzene rings is 1. The van der Waals surface area contributed by atoms with Crippen molar-refractivity contribution in [1.82, 2.24) is 5.32 Å². The van der Waals surface area contributed by atoms with Gasteiger partial charge < -0.3 is 5.32 Å². The largest absolute Gasteiger partial charge is 0.405 e. The van der Waals surface area contributed by atoms with Gasteiger partial charge in [0, 0.05) is 5.02 Å². The van der Waals surface area contributed by atoms with E-state index in [0.717, 1.165) is 0 Å². The molecular weight excluding hydrogens is 243 g/mol. The fourth-order valence-corrected chi connectivity index (χ4v) is 1.17. The quantitative estimate of drug-likeness (QED) is 0.879. The van der Waals surface area contributed by atoms with Crippen molar-refractivity contribution in [2.45, 2.75) is 12.6 Å². The Labute approximate surface area is 95.4 Å². The van der Waals surface area contributed by atoms with Gasteiger partial charge >= 0.3 is 6.18 Å². The molecule has 0 spiro atoms. The highest BCUT2D eigenvalue weighted by Crippen LogP contribution is 2.13. The predicted octanol–water partition coefficient (Wildman–Crippen LogP) is 2.56. The molecule has 1 N–H and O–H groups in total. The number of alkyl halides is 3. The van der Waals surface area contributed by atoms with Crippen molar-refractivity contribution in [1.29, 1.82) is 0 Å². The molecular formula is C10H9ClF3NO. The van der Waals surface area contributed by atoms with E-state index in [1.807, 2.05) is 0 Å². The van der Waals surface area contributed by atoms with Gasteiger partial charge in [0.25, 0.3) is 0 Å². The molecule has 1 rings (SSSR count). The van der Waals surface area contributed by atoms with E-state index in [1.165, 1.54) is 0 Å². The highest BCUT2D eigenvalue weighted by atomic mass is 35.5. The third kappa shape index (κ3) is 5.02. The molecule has 0 atom stereocenters. The average molecular weight is 252 g/mol. The standard InChI is InChI=1S/C10H9ClF3NO/c11-8-3-1-7(2-4-8)5-9(16)15-6-10(12,13)14/h1-4H,5-6H2,(H,15,16). The van der Waals surface area contributed by atoms with Crippen LogP contribution in [0.4, 0.5) is 13.2 Å². The summed E-state index contributed by atoms with van der Waals surface area (Å²) in [4.78, 5) is 11.1. The van der Waals surface area contributed by atoms with Gasteiger partial charge in [-0.25, -0.2) is 0 Å². The van der Waals surface area contributed by atoms with Gasteiger partial charge in [-0.15, -0.1) is 0 Å². The summed E-state index contributed by atoms with van der Waals surface area (Å²) >= 11 is 5.62. The third-order valence-electron chi connectivity index (χ3n) is 1.76. The number of amides is 1. The third-order valence-corrected chi connectivity index (χ3v) is 2.02. The molecule has 0 aliphatic rings. The summed E-state index contributed by atoms with van der Waals surface area (Å²) in [6.45, 7) is -1.31. The highest BCUT2D eigenvalue weighted by Gasteiger charge is 2.27. The van der Waals surface area contributed by atoms with Crippen molar-refractivity contribution in [3.63, 3.8) is 0 Å². The van der Waals surface area contributed by atoms with Crippen LogP contribution in [0.3, 0.4) is 0 Å². The van der Waals surface area contributed by atoms with Crippen molar-refractivity contribution in [3.8, 4) is 0 Å². The van der Waals surface area contributed by atoms with E-state index < -0.39 is 18.6 Å². The number of nitrogens with one attached hydrogen (secondary N) is 1. The van der Waals surface area contributed by atoms with E-state index in [4.69, 9.17) is 11.6 Å². The zero-order valence-corrected chi connectivity index (χ0v) is 8.90. The zero-order chi connectivity index (χ0) is 12.2. The number of rotatable bonds is 3. The minimum atomic E-state index is -4.38. The fraction of sp³-hybridized carbons (Fsp3) is 0.300. The van der Waals surface area contributed by atoms with Crippen LogP contribution < -0.4 is 5.32 Å². The van der Waals surface area contributed by atoms with Crippen LogP contribution in [-0.2, 0) is 11.2 Å². The van der Waals surface area contributed by atoms with Gasteiger partial charge in [-0.1, -0.05) is 23.7 Å². The van der Waals surface area contributed by atoms with E-state index in [2.05, 4.69) is 0 Å². The Balaban J connectivity index is 2.43. The lowest BCUT2D eigenvalue weighted by molar-refractivity contribution is -0.138. The topological polar surface area (TPSA) is 29.1 Å². The van der Waals surface area contributed by atoms with Gasteiger partial charge in [-0.3, -0.25) is 4.79 Å². The van der Waals surface area contributed by atoms with Crippen LogP contribution in [-0.4, -0.2) is 18.6 Å². The van der Waals surface area contributed by atoms with E-state index in [-0.39, 0.29) is 6.42 Å². The molecule has 0 heterocycles. The second-order valence-corrected chi connectivity index (χ2v) is 3.63. The number of carbonyl (C=O) groups is 1. The summed E-state index contributed by atoms with van der Waals surface area (Å²) in [6, 6.07) is 6.34. The van der Waals surface area contributed by atoms with Crippen LogP contribution in [0.15, 0.2) is 24.3 Å². The van der Waals surface area contributed by atoms with Crippen molar-refractivity contribution in [2.75, 3.05) is 6.54 Å². The lowest BCUT2D eigenvalue weighted by Crippen LogP contribution is -2.34. The van der Waals surface area contributed by atoms with Crippen LogP contribution in [0.2, 0.25) is 5.02 Å². The summed E-state index contributed by atoms with van der Waals surface area (Å²) < 4.78 is 35.3. The van der Waals surface area contributed by atoms with Gasteiger partial charge in [0.2, 0.25) is 5.91 Å². The molecule has 88 valence electrons. The molecule has 2 nitrogen and oxygen atoms in total. The Morgan fingerprint density at radius 3 is 2.31 bits per heavy atom. The normalized spacial score (nSPS) is 11.2. The number of carbonyl (C=O) groups excluding carboxylic acids is 1. The van der Waals surface area contributed by atoms with Gasteiger partial charge in [-0.05, 0) is 17.7 Å². The SMILES string of the molecule is O=C(Cc1ccc(Cl)cc1)NCC(F)(F)F. The molecule has 0 aromatic heterocycles. The zero-order valence-electron chi connectivity index (χ0n) is 8.14. The summed E-state index contributed by atoms with van der Waals surface area (Å²) in [5, 5.41) is 2.30. The number of hydrogen-bond acceptors (Lipinski definition) is 1. The van der Waals surface area contributed by atoms with Gasteiger partial charge in [-0.2, -0.15) is 13.2 Å². The minimum Gasteiger partial charge on any atom is -0.347 e. The Morgan fingerprint density at radius 1 is 1.25 bits per heavy atom. The Bertz CT molecular complexity index is 361. The molecule has 0 bridgehead atoms. The van der Waals surface area contributed by atoms with Crippen LogP contribution in [0.1, 0.15) is 5.56 Å². The molecule has 0 fully saturated rings. The molecule has 0 saturated heterocycles. The molecule has 16 heavy (non-hydrogen) atoms. The lowest BCUT2D eigenvalue weighted by atomic mass is 10.1. The van der Waals surface area contributed by atoms with E-state index >= 15 is 0 Å². The number of halogens is 4. The average Bonchev–Trinajstić information content (AvgIpc) is 2.18. The Morgan fingerprint density at radius 2 is 1.81 bits per heavy atom. The molecule has 0 aliphatic heterocycles. The molecule has 0 unspecified atom stereocenters. The van der Waals surface area contributed by atoms with Gasteiger partial charge in [0.1, 0.15) is 6.54 Å². The molecule has 1 aromatic carbocycles. The first-order valence-electron chi connectivity index (χ1n) is 4.45. The molecule has 1 aromatic rings. The number of hydrogen-bond donors (Lipinski definition) is 1. The van der Waals surface area contributed by atoms with Gasteiger partial charge in [0.05, 0.1) is 6.42 Å². The Hall–Kier alpha value is -1.23. The highest BCUT2D eigenvalue weighted by molar-refractivity contribution is 6.30. The van der Waals surface area contributed by atoms with E-state index in [1.54, 1.807) is 29.6 Å². The summed E-state index contributed by atoms with van der Waals surface area (Å²) in [5.41, 5.74) is 0.615. The van der Waals surface area contributed by atoms with Crippen LogP contribution >= 0.6 is 11.6 Å². The van der Waals surface area contributed by atoms with Crippen molar-refractivity contribution in [3.05, 3.63) is 34.9 Å². The van der Waals surface area contributed by atoms with Crippen LogP contribution in [0.5, 0.6) is 0 Å². The first-order valence-corrected chi connectivity index (χ1v) is 4.82. The predicted molar refractivity (Wildman–Crippen MR) is 54.2 cm³/mol. The van der Waals surface area contributed by atoms with Crippen LogP contribution in [0, 0.1) is 0 Å². The second-order valence-electron chi connectivity index (χ2n) is 3.20. The molecule has 0 saturated carbocycles.